The fourth-order valence-electron chi connectivity index (χ4n) is 3.13. The van der Waals surface area contributed by atoms with Gasteiger partial charge in [0.05, 0.1) is 22.7 Å². The number of amides is 1. The van der Waals surface area contributed by atoms with Crippen molar-refractivity contribution in [1.29, 1.82) is 0 Å². The van der Waals surface area contributed by atoms with Gasteiger partial charge in [-0.3, -0.25) is 4.79 Å². The van der Waals surface area contributed by atoms with Crippen LogP contribution in [0.2, 0.25) is 5.02 Å². The van der Waals surface area contributed by atoms with Crippen LogP contribution in [0.1, 0.15) is 21.5 Å². The van der Waals surface area contributed by atoms with E-state index < -0.39 is 41.2 Å². The number of nitrogens with one attached hydrogen (secondary N) is 2. The predicted molar refractivity (Wildman–Crippen MR) is 114 cm³/mol. The van der Waals surface area contributed by atoms with Crippen LogP contribution in [0, 0.1) is 0 Å². The quantitative estimate of drug-likeness (QED) is 0.401. The van der Waals surface area contributed by atoms with Gasteiger partial charge in [0.25, 0.3) is 11.8 Å². The van der Waals surface area contributed by atoms with Crippen LogP contribution >= 0.6 is 11.6 Å². The fourth-order valence-corrected chi connectivity index (χ4v) is 3.45. The second kappa shape index (κ2) is 9.16. The molecule has 0 heterocycles. The fraction of sp³-hybridized carbons (Fsp3) is 0.174. The lowest BCUT2D eigenvalue weighted by Crippen LogP contribution is -2.36. The van der Waals surface area contributed by atoms with E-state index in [2.05, 4.69) is 5.32 Å². The van der Waals surface area contributed by atoms with Gasteiger partial charge in [-0.1, -0.05) is 48.0 Å². The van der Waals surface area contributed by atoms with E-state index in [4.69, 9.17) is 11.6 Å². The van der Waals surface area contributed by atoms with Crippen LogP contribution in [0.25, 0.3) is 11.1 Å². The van der Waals surface area contributed by atoms with Gasteiger partial charge in [-0.05, 0) is 41.5 Å². The molecule has 0 radical (unpaired) electrons. The normalized spacial score (nSPS) is 11.8. The minimum absolute atomic E-state index is 0.227. The third-order valence-electron chi connectivity index (χ3n) is 4.82. The Bertz CT molecular complexity index is 1110. The molecule has 3 nitrogen and oxygen atoms in total. The zero-order chi connectivity index (χ0) is 23.5. The zero-order valence-electron chi connectivity index (χ0n) is 16.7. The number of hydrogen-bond donors (Lipinski definition) is 2. The van der Waals surface area contributed by atoms with E-state index in [-0.39, 0.29) is 5.02 Å². The van der Waals surface area contributed by atoms with Crippen LogP contribution in [0.5, 0.6) is 0 Å². The van der Waals surface area contributed by atoms with Crippen LogP contribution in [0.4, 0.5) is 27.6 Å². The molecule has 2 N–H and O–H groups in total. The molecule has 0 aliphatic heterocycles. The van der Waals surface area contributed by atoms with Crippen molar-refractivity contribution < 1.29 is 26.7 Å². The maximum atomic E-state index is 14.7. The minimum atomic E-state index is -4.79. The van der Waals surface area contributed by atoms with Gasteiger partial charge in [0.15, 0.2) is 0 Å². The Morgan fingerprint density at radius 2 is 1.50 bits per heavy atom. The predicted octanol–water partition coefficient (Wildman–Crippen LogP) is 6.59. The van der Waals surface area contributed by atoms with E-state index >= 15 is 0 Å². The standard InChI is InChI=1S/C23H18ClF5N2O/c1-30-16-9-6-14(7-10-16)15-8-11-19(20(24)12-15)22(25,26)13-31-21(32)17-4-2-3-5-18(17)23(27,28)29/h2-12,30H,13H2,1H3,(H,31,32). The molecule has 0 saturated heterocycles. The van der Waals surface area contributed by atoms with E-state index in [9.17, 15) is 26.7 Å². The van der Waals surface area contributed by atoms with E-state index in [1.807, 2.05) is 17.4 Å². The van der Waals surface area contributed by atoms with Crippen molar-refractivity contribution in [1.82, 2.24) is 5.32 Å². The Labute approximate surface area is 186 Å². The first-order valence-corrected chi connectivity index (χ1v) is 9.81. The van der Waals surface area contributed by atoms with E-state index in [1.54, 1.807) is 19.2 Å². The molecule has 0 aromatic heterocycles. The van der Waals surface area contributed by atoms with Crippen LogP contribution in [-0.4, -0.2) is 19.5 Å². The van der Waals surface area contributed by atoms with Crippen molar-refractivity contribution in [3.05, 3.63) is 88.4 Å². The third kappa shape index (κ3) is 5.19. The van der Waals surface area contributed by atoms with Crippen molar-refractivity contribution in [2.75, 3.05) is 18.9 Å². The maximum Gasteiger partial charge on any atom is 0.417 e. The molecule has 0 spiro atoms. The third-order valence-corrected chi connectivity index (χ3v) is 5.13. The van der Waals surface area contributed by atoms with Gasteiger partial charge in [-0.15, -0.1) is 0 Å². The lowest BCUT2D eigenvalue weighted by Gasteiger charge is -2.20. The maximum absolute atomic E-state index is 14.7. The molecule has 0 bridgehead atoms. The Balaban J connectivity index is 1.77. The summed E-state index contributed by atoms with van der Waals surface area (Å²) in [6.45, 7) is -1.21. The number of hydrogen-bond acceptors (Lipinski definition) is 2. The summed E-state index contributed by atoms with van der Waals surface area (Å²) in [6.07, 6.45) is -4.79. The summed E-state index contributed by atoms with van der Waals surface area (Å²) in [5.74, 6) is -4.86. The van der Waals surface area contributed by atoms with Gasteiger partial charge >= 0.3 is 6.18 Å². The molecule has 3 aromatic carbocycles. The van der Waals surface area contributed by atoms with Gasteiger partial charge in [0.2, 0.25) is 0 Å². The smallest absolute Gasteiger partial charge is 0.388 e. The minimum Gasteiger partial charge on any atom is -0.388 e. The number of anilines is 1. The van der Waals surface area contributed by atoms with Crippen LogP contribution in [0.15, 0.2) is 66.7 Å². The summed E-state index contributed by atoms with van der Waals surface area (Å²) < 4.78 is 68.7. The second-order valence-electron chi connectivity index (χ2n) is 6.95. The van der Waals surface area contributed by atoms with Gasteiger partial charge < -0.3 is 10.6 Å². The SMILES string of the molecule is CNc1ccc(-c2ccc(C(F)(F)CNC(=O)c3ccccc3C(F)(F)F)c(Cl)c2)cc1. The highest BCUT2D eigenvalue weighted by atomic mass is 35.5. The molecule has 1 amide bonds. The number of carbonyl (C=O) groups is 1. The first-order chi connectivity index (χ1) is 15.0. The van der Waals surface area contributed by atoms with Crippen molar-refractivity contribution in [2.24, 2.45) is 0 Å². The van der Waals surface area contributed by atoms with E-state index in [0.717, 1.165) is 29.4 Å². The molecule has 0 aliphatic carbocycles. The van der Waals surface area contributed by atoms with Crippen LogP contribution in [-0.2, 0) is 12.1 Å². The first-order valence-electron chi connectivity index (χ1n) is 9.43. The van der Waals surface area contributed by atoms with Gasteiger partial charge in [-0.2, -0.15) is 22.0 Å². The summed E-state index contributed by atoms with van der Waals surface area (Å²) in [7, 11) is 1.77. The summed E-state index contributed by atoms with van der Waals surface area (Å²) in [5.41, 5.74) is -0.224. The summed E-state index contributed by atoms with van der Waals surface area (Å²) in [4.78, 5) is 12.2. The highest BCUT2D eigenvalue weighted by Gasteiger charge is 2.37. The molecule has 32 heavy (non-hydrogen) atoms. The number of halogens is 6. The molecule has 3 aromatic rings. The Morgan fingerprint density at radius 3 is 2.09 bits per heavy atom. The van der Waals surface area contributed by atoms with Crippen molar-refractivity contribution in [3.8, 4) is 11.1 Å². The Hall–Kier alpha value is -3.13. The second-order valence-corrected chi connectivity index (χ2v) is 7.36. The molecule has 168 valence electrons. The molecule has 0 aliphatic rings. The Morgan fingerprint density at radius 1 is 0.875 bits per heavy atom. The summed E-state index contributed by atoms with van der Waals surface area (Å²) in [6, 6.07) is 15.2. The first kappa shape index (κ1) is 23.5. The largest absolute Gasteiger partial charge is 0.417 e. The molecule has 0 saturated carbocycles. The van der Waals surface area contributed by atoms with Crippen molar-refractivity contribution in [3.63, 3.8) is 0 Å². The molecular weight excluding hydrogens is 451 g/mol. The number of carbonyl (C=O) groups excluding carboxylic acids is 1. The number of benzene rings is 3. The zero-order valence-corrected chi connectivity index (χ0v) is 17.5. The molecule has 0 atom stereocenters. The molecule has 3 rings (SSSR count). The topological polar surface area (TPSA) is 41.1 Å². The average Bonchev–Trinajstić information content (AvgIpc) is 2.76. The lowest BCUT2D eigenvalue weighted by molar-refractivity contribution is -0.137. The highest BCUT2D eigenvalue weighted by Crippen LogP contribution is 2.36. The molecular formula is C23H18ClF5N2O. The highest BCUT2D eigenvalue weighted by molar-refractivity contribution is 6.31. The van der Waals surface area contributed by atoms with Crippen LogP contribution < -0.4 is 10.6 Å². The van der Waals surface area contributed by atoms with Gasteiger partial charge in [0.1, 0.15) is 0 Å². The van der Waals surface area contributed by atoms with Gasteiger partial charge in [0, 0.05) is 18.3 Å². The van der Waals surface area contributed by atoms with Gasteiger partial charge in [-0.25, -0.2) is 0 Å². The van der Waals surface area contributed by atoms with E-state index in [1.165, 1.54) is 18.2 Å². The van der Waals surface area contributed by atoms with Crippen molar-refractivity contribution in [2.45, 2.75) is 12.1 Å². The summed E-state index contributed by atoms with van der Waals surface area (Å²) >= 11 is 6.09. The van der Waals surface area contributed by atoms with E-state index in [0.29, 0.717) is 11.6 Å². The molecule has 0 fully saturated rings. The van der Waals surface area contributed by atoms with Crippen molar-refractivity contribution >= 4 is 23.2 Å². The van der Waals surface area contributed by atoms with Crippen LogP contribution in [0.3, 0.4) is 0 Å². The average molecular weight is 469 g/mol. The Kier molecular flexibility index (Phi) is 6.74. The number of rotatable bonds is 6. The number of alkyl halides is 5. The summed E-state index contributed by atoms with van der Waals surface area (Å²) in [5, 5.41) is 4.63. The monoisotopic (exact) mass is 468 g/mol. The molecule has 9 heteroatoms. The molecule has 0 unspecified atom stereocenters. The lowest BCUT2D eigenvalue weighted by atomic mass is 10.0.